The Labute approximate surface area is 125 Å². The van der Waals surface area contributed by atoms with Crippen molar-refractivity contribution in [3.63, 3.8) is 0 Å². The van der Waals surface area contributed by atoms with Crippen molar-refractivity contribution in [1.82, 2.24) is 0 Å². The molecule has 110 valence electrons. The number of ether oxygens (including phenoxy) is 1. The van der Waals surface area contributed by atoms with Gasteiger partial charge in [-0.2, -0.15) is 0 Å². The molecule has 4 atom stereocenters. The van der Waals surface area contributed by atoms with Crippen molar-refractivity contribution in [1.29, 1.82) is 0 Å². The molecule has 1 heterocycles. The molecule has 0 amide bonds. The van der Waals surface area contributed by atoms with Gasteiger partial charge in [0.05, 0.1) is 10.8 Å². The molecule has 2 aliphatic rings. The van der Waals surface area contributed by atoms with Crippen LogP contribution in [-0.4, -0.2) is 27.8 Å². The predicted octanol–water partition coefficient (Wildman–Crippen LogP) is 1.87. The van der Waals surface area contributed by atoms with E-state index in [9.17, 15) is 13.8 Å². The van der Waals surface area contributed by atoms with Crippen molar-refractivity contribution >= 4 is 22.6 Å². The quantitative estimate of drug-likeness (QED) is 0.783. The first-order chi connectivity index (χ1) is 10.0. The van der Waals surface area contributed by atoms with Crippen LogP contribution in [0.1, 0.15) is 13.3 Å². The zero-order valence-corrected chi connectivity index (χ0v) is 12.5. The number of hydrogen-bond donors (Lipinski definition) is 0. The average molecular weight is 304 g/mol. The number of fused-ring (bicyclic) bond motifs is 1. The SMILES string of the molecule is C[C@]12C=CC(=O)C[C@H]1[C@H](S(=O)c1ccccc1)C(=O)OC2. The minimum atomic E-state index is -1.52. The van der Waals surface area contributed by atoms with Crippen LogP contribution in [0, 0.1) is 11.3 Å². The van der Waals surface area contributed by atoms with Gasteiger partial charge in [0, 0.05) is 22.6 Å². The van der Waals surface area contributed by atoms with Crippen molar-refractivity contribution in [2.45, 2.75) is 23.5 Å². The normalized spacial score (nSPS) is 33.2. The Morgan fingerprint density at radius 3 is 2.67 bits per heavy atom. The van der Waals surface area contributed by atoms with Gasteiger partial charge < -0.3 is 4.74 Å². The summed E-state index contributed by atoms with van der Waals surface area (Å²) in [6.07, 6.45) is 3.58. The van der Waals surface area contributed by atoms with E-state index in [0.29, 0.717) is 4.90 Å². The highest BCUT2D eigenvalue weighted by Crippen LogP contribution is 2.43. The van der Waals surface area contributed by atoms with Crippen molar-refractivity contribution in [2.24, 2.45) is 11.3 Å². The number of esters is 1. The molecule has 3 rings (SSSR count). The summed E-state index contributed by atoms with van der Waals surface area (Å²) in [7, 11) is -1.52. The van der Waals surface area contributed by atoms with Gasteiger partial charge in [-0.15, -0.1) is 0 Å². The fourth-order valence-corrected chi connectivity index (χ4v) is 4.61. The van der Waals surface area contributed by atoms with Gasteiger partial charge in [-0.3, -0.25) is 13.8 Å². The molecular weight excluding hydrogens is 288 g/mol. The molecule has 0 N–H and O–H groups in total. The van der Waals surface area contributed by atoms with Gasteiger partial charge in [0.25, 0.3) is 0 Å². The first-order valence-corrected chi connectivity index (χ1v) is 8.07. The predicted molar refractivity (Wildman–Crippen MR) is 78.0 cm³/mol. The van der Waals surface area contributed by atoms with Crippen molar-refractivity contribution in [2.75, 3.05) is 6.61 Å². The largest absolute Gasteiger partial charge is 0.464 e. The smallest absolute Gasteiger partial charge is 0.322 e. The second kappa shape index (κ2) is 5.22. The molecule has 0 bridgehead atoms. The van der Waals surface area contributed by atoms with E-state index in [2.05, 4.69) is 0 Å². The molecule has 1 saturated heterocycles. The second-order valence-corrected chi connectivity index (χ2v) is 7.33. The summed E-state index contributed by atoms with van der Waals surface area (Å²) in [6, 6.07) is 8.86. The molecule has 21 heavy (non-hydrogen) atoms. The lowest BCUT2D eigenvalue weighted by atomic mass is 9.69. The summed E-state index contributed by atoms with van der Waals surface area (Å²) in [5.74, 6) is -0.776. The minimum absolute atomic E-state index is 0.0257. The van der Waals surface area contributed by atoms with Gasteiger partial charge in [0.15, 0.2) is 5.78 Å². The van der Waals surface area contributed by atoms with Crippen molar-refractivity contribution in [3.05, 3.63) is 42.5 Å². The molecule has 0 saturated carbocycles. The Hall–Kier alpha value is -1.75. The van der Waals surface area contributed by atoms with Crippen LogP contribution < -0.4 is 0 Å². The molecule has 4 nitrogen and oxygen atoms in total. The third-order valence-corrected chi connectivity index (χ3v) is 5.97. The molecule has 1 unspecified atom stereocenters. The summed E-state index contributed by atoms with van der Waals surface area (Å²) in [5, 5.41) is -0.792. The number of carbonyl (C=O) groups is 2. The maximum absolute atomic E-state index is 12.8. The number of rotatable bonds is 2. The molecule has 0 aromatic heterocycles. The second-order valence-electron chi connectivity index (χ2n) is 5.75. The lowest BCUT2D eigenvalue weighted by Gasteiger charge is -2.43. The highest BCUT2D eigenvalue weighted by atomic mass is 32.2. The maximum atomic E-state index is 12.8. The summed E-state index contributed by atoms with van der Waals surface area (Å²) in [6.45, 7) is 2.19. The fraction of sp³-hybridized carbons (Fsp3) is 0.375. The number of carbonyl (C=O) groups excluding carboxylic acids is 2. The van der Waals surface area contributed by atoms with Crippen LogP contribution >= 0.6 is 0 Å². The van der Waals surface area contributed by atoms with Gasteiger partial charge in [-0.05, 0) is 18.2 Å². The van der Waals surface area contributed by atoms with Crippen LogP contribution in [0.2, 0.25) is 0 Å². The topological polar surface area (TPSA) is 60.4 Å². The summed E-state index contributed by atoms with van der Waals surface area (Å²) < 4.78 is 18.0. The Bertz CT molecular complexity index is 637. The van der Waals surface area contributed by atoms with Gasteiger partial charge in [0.2, 0.25) is 0 Å². The summed E-state index contributed by atoms with van der Waals surface area (Å²) >= 11 is 0. The third-order valence-electron chi connectivity index (χ3n) is 4.25. The third kappa shape index (κ3) is 2.46. The van der Waals surface area contributed by atoms with Gasteiger partial charge in [-0.1, -0.05) is 31.2 Å². The van der Waals surface area contributed by atoms with E-state index in [-0.39, 0.29) is 24.7 Å². The minimum Gasteiger partial charge on any atom is -0.464 e. The Morgan fingerprint density at radius 2 is 1.95 bits per heavy atom. The Balaban J connectivity index is 1.99. The monoisotopic (exact) mass is 304 g/mol. The summed E-state index contributed by atoms with van der Waals surface area (Å²) in [4.78, 5) is 24.5. The van der Waals surface area contributed by atoms with E-state index in [1.54, 1.807) is 30.3 Å². The average Bonchev–Trinajstić information content (AvgIpc) is 2.49. The van der Waals surface area contributed by atoms with E-state index >= 15 is 0 Å². The Kier molecular flexibility index (Phi) is 3.53. The number of allylic oxidation sites excluding steroid dienone is 1. The molecule has 0 radical (unpaired) electrons. The van der Waals surface area contributed by atoms with Crippen LogP contribution in [0.3, 0.4) is 0 Å². The zero-order chi connectivity index (χ0) is 15.0. The van der Waals surface area contributed by atoms with Crippen molar-refractivity contribution < 1.29 is 18.5 Å². The first-order valence-electron chi connectivity index (χ1n) is 6.85. The van der Waals surface area contributed by atoms with Gasteiger partial charge in [-0.25, -0.2) is 0 Å². The fourth-order valence-electron chi connectivity index (χ4n) is 2.94. The van der Waals surface area contributed by atoms with Crippen LogP contribution in [0.15, 0.2) is 47.4 Å². The van der Waals surface area contributed by atoms with E-state index in [1.807, 2.05) is 13.0 Å². The van der Waals surface area contributed by atoms with Crippen LogP contribution in [0.4, 0.5) is 0 Å². The van der Waals surface area contributed by atoms with Crippen LogP contribution in [-0.2, 0) is 25.1 Å². The maximum Gasteiger partial charge on any atom is 0.322 e. The standard InChI is InChI=1S/C16H16O4S/c1-16-8-7-11(17)9-13(16)14(15(18)20-10-16)21(19)12-5-3-2-4-6-12/h2-8,13-14H,9-10H2,1H3/t13-,14-,16+,21?/m0/s1. The number of cyclic esters (lactones) is 1. The molecule has 1 aliphatic heterocycles. The Morgan fingerprint density at radius 1 is 1.24 bits per heavy atom. The number of benzene rings is 1. The highest BCUT2D eigenvalue weighted by molar-refractivity contribution is 7.86. The number of hydrogen-bond acceptors (Lipinski definition) is 4. The van der Waals surface area contributed by atoms with Crippen LogP contribution in [0.5, 0.6) is 0 Å². The lowest BCUT2D eigenvalue weighted by Crippen LogP contribution is -2.52. The zero-order valence-electron chi connectivity index (χ0n) is 11.7. The molecule has 1 aliphatic carbocycles. The van der Waals surface area contributed by atoms with Gasteiger partial charge in [0.1, 0.15) is 11.9 Å². The molecule has 1 aromatic rings. The van der Waals surface area contributed by atoms with Gasteiger partial charge >= 0.3 is 5.97 Å². The molecule has 1 aromatic carbocycles. The first kappa shape index (κ1) is 14.2. The highest BCUT2D eigenvalue weighted by Gasteiger charge is 2.51. The van der Waals surface area contributed by atoms with E-state index in [4.69, 9.17) is 4.74 Å². The van der Waals surface area contributed by atoms with E-state index < -0.39 is 27.4 Å². The van der Waals surface area contributed by atoms with Crippen molar-refractivity contribution in [3.8, 4) is 0 Å². The molecule has 0 spiro atoms. The van der Waals surface area contributed by atoms with Crippen LogP contribution in [0.25, 0.3) is 0 Å². The molecular formula is C16H16O4S. The summed E-state index contributed by atoms with van der Waals surface area (Å²) in [5.41, 5.74) is -0.420. The molecule has 5 heteroatoms. The van der Waals surface area contributed by atoms with E-state index in [1.165, 1.54) is 6.08 Å². The lowest BCUT2D eigenvalue weighted by molar-refractivity contribution is -0.156. The molecule has 1 fully saturated rings. The van der Waals surface area contributed by atoms with E-state index in [0.717, 1.165) is 0 Å². The number of ketones is 1.